The summed E-state index contributed by atoms with van der Waals surface area (Å²) in [6.07, 6.45) is 7.01. The molecule has 0 aliphatic heterocycles. The van der Waals surface area contributed by atoms with Crippen LogP contribution in [0.1, 0.15) is 26.7 Å². The number of hydrogen-bond acceptors (Lipinski definition) is 2. The van der Waals surface area contributed by atoms with Gasteiger partial charge in [0.2, 0.25) is 0 Å². The zero-order chi connectivity index (χ0) is 9.23. The molecule has 0 amide bonds. The molecule has 0 aromatic rings. The summed E-state index contributed by atoms with van der Waals surface area (Å²) in [5.74, 6) is 2.64. The van der Waals surface area contributed by atoms with Crippen LogP contribution >= 0.6 is 0 Å². The number of nitrogens with one attached hydrogen (secondary N) is 1. The summed E-state index contributed by atoms with van der Waals surface area (Å²) >= 11 is 0. The summed E-state index contributed by atoms with van der Waals surface area (Å²) in [4.78, 5) is 0. The van der Waals surface area contributed by atoms with E-state index in [-0.39, 0.29) is 0 Å². The first-order chi connectivity index (χ1) is 5.85. The van der Waals surface area contributed by atoms with Gasteiger partial charge in [0.25, 0.3) is 0 Å². The molecular formula is C10H19NO. The van der Waals surface area contributed by atoms with Crippen molar-refractivity contribution in [2.75, 3.05) is 19.8 Å². The van der Waals surface area contributed by atoms with Crippen molar-refractivity contribution >= 4 is 0 Å². The molecule has 0 aromatic carbocycles. The van der Waals surface area contributed by atoms with Crippen molar-refractivity contribution in [1.82, 2.24) is 5.32 Å². The molecule has 12 heavy (non-hydrogen) atoms. The summed E-state index contributed by atoms with van der Waals surface area (Å²) in [6, 6.07) is 0.422. The van der Waals surface area contributed by atoms with Gasteiger partial charge in [0.15, 0.2) is 0 Å². The molecule has 0 fully saturated rings. The van der Waals surface area contributed by atoms with Gasteiger partial charge in [0.05, 0.1) is 6.61 Å². The fourth-order valence-electron chi connectivity index (χ4n) is 1.05. The van der Waals surface area contributed by atoms with Crippen molar-refractivity contribution in [1.29, 1.82) is 0 Å². The minimum absolute atomic E-state index is 0.422. The Morgan fingerprint density at radius 2 is 2.25 bits per heavy atom. The van der Waals surface area contributed by atoms with E-state index in [2.05, 4.69) is 18.2 Å². The maximum atomic E-state index is 5.31. The summed E-state index contributed by atoms with van der Waals surface area (Å²) in [5.41, 5.74) is 0. The molecule has 1 unspecified atom stereocenters. The second-order valence-corrected chi connectivity index (χ2v) is 2.66. The molecule has 0 heterocycles. The van der Waals surface area contributed by atoms with Gasteiger partial charge >= 0.3 is 0 Å². The van der Waals surface area contributed by atoms with Crippen LogP contribution in [0.25, 0.3) is 0 Å². The highest BCUT2D eigenvalue weighted by Gasteiger charge is 2.04. The molecule has 0 aliphatic carbocycles. The van der Waals surface area contributed by atoms with Crippen LogP contribution in [-0.2, 0) is 4.74 Å². The molecule has 0 radical (unpaired) electrons. The van der Waals surface area contributed by atoms with E-state index in [4.69, 9.17) is 11.2 Å². The second-order valence-electron chi connectivity index (χ2n) is 2.66. The molecule has 0 aliphatic rings. The normalized spacial score (nSPS) is 12.4. The largest absolute Gasteiger partial charge is 0.380 e. The van der Waals surface area contributed by atoms with E-state index in [1.165, 1.54) is 0 Å². The molecular weight excluding hydrogens is 150 g/mol. The Bertz CT molecular complexity index is 128. The first kappa shape index (κ1) is 11.5. The Kier molecular flexibility index (Phi) is 8.20. The van der Waals surface area contributed by atoms with E-state index in [0.29, 0.717) is 6.04 Å². The van der Waals surface area contributed by atoms with E-state index in [1.807, 2.05) is 6.92 Å². The lowest BCUT2D eigenvalue weighted by molar-refractivity contribution is 0.121. The lowest BCUT2D eigenvalue weighted by atomic mass is 10.2. The summed E-state index contributed by atoms with van der Waals surface area (Å²) < 4.78 is 5.31. The Hall–Kier alpha value is -0.520. The van der Waals surface area contributed by atoms with Crippen LogP contribution in [-0.4, -0.2) is 25.8 Å². The minimum atomic E-state index is 0.422. The molecule has 0 spiro atoms. The van der Waals surface area contributed by atoms with Crippen molar-refractivity contribution in [3.8, 4) is 12.3 Å². The van der Waals surface area contributed by atoms with Gasteiger partial charge in [-0.1, -0.05) is 6.92 Å². The highest BCUT2D eigenvalue weighted by molar-refractivity contribution is 4.85. The number of likely N-dealkylation sites (N-methyl/N-ethyl adjacent to an activating group) is 1. The molecule has 0 saturated carbocycles. The monoisotopic (exact) mass is 169 g/mol. The molecule has 2 heteroatoms. The highest BCUT2D eigenvalue weighted by atomic mass is 16.5. The minimum Gasteiger partial charge on any atom is -0.380 e. The molecule has 0 aromatic heterocycles. The molecule has 0 saturated heterocycles. The van der Waals surface area contributed by atoms with Gasteiger partial charge in [0.1, 0.15) is 0 Å². The predicted octanol–water partition coefficient (Wildman–Crippen LogP) is 1.41. The zero-order valence-corrected chi connectivity index (χ0v) is 8.10. The number of terminal acetylenes is 1. The third-order valence-corrected chi connectivity index (χ3v) is 1.65. The van der Waals surface area contributed by atoms with Crippen molar-refractivity contribution in [3.05, 3.63) is 0 Å². The van der Waals surface area contributed by atoms with Crippen LogP contribution in [0.5, 0.6) is 0 Å². The maximum Gasteiger partial charge on any atom is 0.0619 e. The van der Waals surface area contributed by atoms with Gasteiger partial charge in [-0.25, -0.2) is 0 Å². The Balaban J connectivity index is 3.48. The predicted molar refractivity (Wildman–Crippen MR) is 52.0 cm³/mol. The standard InChI is InChI=1S/C10H19NO/c1-4-7-8-10(11-5-2)9-12-6-3/h1,10-11H,5-9H2,2-3H3. The summed E-state index contributed by atoms with van der Waals surface area (Å²) in [6.45, 7) is 6.62. The smallest absolute Gasteiger partial charge is 0.0619 e. The van der Waals surface area contributed by atoms with Crippen molar-refractivity contribution in [2.24, 2.45) is 0 Å². The maximum absolute atomic E-state index is 5.31. The average molecular weight is 169 g/mol. The van der Waals surface area contributed by atoms with Crippen LogP contribution in [0, 0.1) is 12.3 Å². The van der Waals surface area contributed by atoms with Gasteiger partial charge in [-0.2, -0.15) is 0 Å². The van der Waals surface area contributed by atoms with Crippen molar-refractivity contribution < 1.29 is 4.74 Å². The Morgan fingerprint density at radius 1 is 1.50 bits per heavy atom. The van der Waals surface area contributed by atoms with E-state index < -0.39 is 0 Å². The summed E-state index contributed by atoms with van der Waals surface area (Å²) in [5, 5.41) is 3.33. The highest BCUT2D eigenvalue weighted by Crippen LogP contribution is 1.96. The molecule has 2 nitrogen and oxygen atoms in total. The fourth-order valence-corrected chi connectivity index (χ4v) is 1.05. The number of ether oxygens (including phenoxy) is 1. The number of rotatable bonds is 7. The quantitative estimate of drug-likeness (QED) is 0.582. The van der Waals surface area contributed by atoms with Gasteiger partial charge in [-0.15, -0.1) is 12.3 Å². The van der Waals surface area contributed by atoms with Crippen LogP contribution in [0.4, 0.5) is 0 Å². The Morgan fingerprint density at radius 3 is 2.75 bits per heavy atom. The third-order valence-electron chi connectivity index (χ3n) is 1.65. The molecule has 0 bridgehead atoms. The SMILES string of the molecule is C#CCCC(COCC)NCC. The van der Waals surface area contributed by atoms with Gasteiger partial charge in [0, 0.05) is 19.1 Å². The van der Waals surface area contributed by atoms with Gasteiger partial charge in [-0.3, -0.25) is 0 Å². The first-order valence-electron chi connectivity index (χ1n) is 4.59. The van der Waals surface area contributed by atoms with Crippen LogP contribution in [0.15, 0.2) is 0 Å². The topological polar surface area (TPSA) is 21.3 Å². The van der Waals surface area contributed by atoms with Crippen LogP contribution in [0.2, 0.25) is 0 Å². The Labute approximate surface area is 75.7 Å². The van der Waals surface area contributed by atoms with Crippen LogP contribution < -0.4 is 5.32 Å². The van der Waals surface area contributed by atoms with Crippen molar-refractivity contribution in [3.63, 3.8) is 0 Å². The van der Waals surface area contributed by atoms with Gasteiger partial charge in [-0.05, 0) is 19.9 Å². The number of hydrogen-bond donors (Lipinski definition) is 1. The lowest BCUT2D eigenvalue weighted by Gasteiger charge is -2.15. The lowest BCUT2D eigenvalue weighted by Crippen LogP contribution is -2.33. The van der Waals surface area contributed by atoms with E-state index in [1.54, 1.807) is 0 Å². The van der Waals surface area contributed by atoms with E-state index in [0.717, 1.165) is 32.6 Å². The zero-order valence-electron chi connectivity index (χ0n) is 8.10. The van der Waals surface area contributed by atoms with E-state index >= 15 is 0 Å². The summed E-state index contributed by atoms with van der Waals surface area (Å²) in [7, 11) is 0. The van der Waals surface area contributed by atoms with Crippen LogP contribution in [0.3, 0.4) is 0 Å². The molecule has 0 rings (SSSR count). The molecule has 70 valence electrons. The van der Waals surface area contributed by atoms with Crippen molar-refractivity contribution in [2.45, 2.75) is 32.7 Å². The third kappa shape index (κ3) is 6.21. The van der Waals surface area contributed by atoms with Gasteiger partial charge < -0.3 is 10.1 Å². The second kappa shape index (κ2) is 8.58. The average Bonchev–Trinajstić information content (AvgIpc) is 2.10. The molecule has 1 atom stereocenters. The first-order valence-corrected chi connectivity index (χ1v) is 4.59. The fraction of sp³-hybridized carbons (Fsp3) is 0.800. The van der Waals surface area contributed by atoms with E-state index in [9.17, 15) is 0 Å². The molecule has 1 N–H and O–H groups in total.